The number of aromatic amines is 1. The molecule has 74 valence electrons. The van der Waals surface area contributed by atoms with Crippen LogP contribution < -0.4 is 0 Å². The number of hydrogen-bond acceptors (Lipinski definition) is 2. The van der Waals surface area contributed by atoms with E-state index in [4.69, 9.17) is 5.26 Å². The van der Waals surface area contributed by atoms with Gasteiger partial charge in [-0.25, -0.2) is 0 Å². The number of H-pyrrole nitrogens is 1. The number of hydrogen-bond donors (Lipinski definition) is 1. The minimum atomic E-state index is -0.663. The van der Waals surface area contributed by atoms with Crippen molar-refractivity contribution in [1.29, 1.82) is 5.26 Å². The van der Waals surface area contributed by atoms with Gasteiger partial charge in [0.25, 0.3) is 0 Å². The molecule has 1 N–H and O–H groups in total. The highest BCUT2D eigenvalue weighted by molar-refractivity contribution is 5.93. The summed E-state index contributed by atoms with van der Waals surface area (Å²) in [5, 5.41) is 9.91. The van der Waals surface area contributed by atoms with Gasteiger partial charge in [-0.1, -0.05) is 12.1 Å². The van der Waals surface area contributed by atoms with E-state index in [0.29, 0.717) is 0 Å². The predicted molar refractivity (Wildman–Crippen MR) is 57.3 cm³/mol. The zero-order valence-corrected chi connectivity index (χ0v) is 8.32. The smallest absolute Gasteiger partial charge is 0.151 e. The first-order valence-electron chi connectivity index (χ1n) is 4.70. The van der Waals surface area contributed by atoms with Crippen LogP contribution in [0.3, 0.4) is 0 Å². The lowest BCUT2D eigenvalue weighted by molar-refractivity contribution is -0.117. The van der Waals surface area contributed by atoms with Crippen molar-refractivity contribution >= 4 is 16.7 Å². The van der Waals surface area contributed by atoms with Gasteiger partial charge in [-0.2, -0.15) is 5.26 Å². The van der Waals surface area contributed by atoms with Gasteiger partial charge in [-0.05, 0) is 24.6 Å². The van der Waals surface area contributed by atoms with Crippen LogP contribution in [0.1, 0.15) is 18.4 Å². The van der Waals surface area contributed by atoms with Crippen LogP contribution in [0.25, 0.3) is 10.9 Å². The van der Waals surface area contributed by atoms with Gasteiger partial charge in [-0.15, -0.1) is 0 Å². The van der Waals surface area contributed by atoms with Gasteiger partial charge in [0.15, 0.2) is 5.78 Å². The molecule has 1 aromatic heterocycles. The number of nitrogens with zero attached hydrogens (tertiary/aromatic N) is 1. The van der Waals surface area contributed by atoms with Gasteiger partial charge in [0.2, 0.25) is 0 Å². The molecule has 1 atom stereocenters. The highest BCUT2D eigenvalue weighted by atomic mass is 16.1. The second kappa shape index (κ2) is 3.58. The average Bonchev–Trinajstić information content (AvgIpc) is 2.66. The maximum Gasteiger partial charge on any atom is 0.151 e. The SMILES string of the molecule is CC(=O)C(C#N)c1cccc2[nH]ccc12. The molecule has 0 aliphatic rings. The van der Waals surface area contributed by atoms with Crippen molar-refractivity contribution < 1.29 is 4.79 Å². The summed E-state index contributed by atoms with van der Waals surface area (Å²) in [7, 11) is 0. The van der Waals surface area contributed by atoms with Crippen LogP contribution in [0, 0.1) is 11.3 Å². The normalized spacial score (nSPS) is 12.3. The van der Waals surface area contributed by atoms with Crippen LogP contribution in [0.4, 0.5) is 0 Å². The number of benzene rings is 1. The molecule has 0 aliphatic heterocycles. The third kappa shape index (κ3) is 1.50. The van der Waals surface area contributed by atoms with Crippen LogP contribution >= 0.6 is 0 Å². The van der Waals surface area contributed by atoms with Gasteiger partial charge in [0, 0.05) is 17.1 Å². The molecule has 1 heterocycles. The highest BCUT2D eigenvalue weighted by Crippen LogP contribution is 2.25. The van der Waals surface area contributed by atoms with Crippen LogP contribution in [-0.4, -0.2) is 10.8 Å². The summed E-state index contributed by atoms with van der Waals surface area (Å²) in [5.74, 6) is -0.782. The topological polar surface area (TPSA) is 56.6 Å². The monoisotopic (exact) mass is 198 g/mol. The van der Waals surface area contributed by atoms with E-state index in [1.807, 2.05) is 36.5 Å². The van der Waals surface area contributed by atoms with Crippen molar-refractivity contribution in [2.75, 3.05) is 0 Å². The molecule has 0 fully saturated rings. The predicted octanol–water partition coefficient (Wildman–Crippen LogP) is 2.36. The van der Waals surface area contributed by atoms with E-state index in [2.05, 4.69) is 4.98 Å². The zero-order chi connectivity index (χ0) is 10.8. The molecular weight excluding hydrogens is 188 g/mol. The Hall–Kier alpha value is -2.08. The molecule has 0 amide bonds. The van der Waals surface area contributed by atoms with Crippen LogP contribution in [0.15, 0.2) is 30.5 Å². The summed E-state index contributed by atoms with van der Waals surface area (Å²) < 4.78 is 0. The molecule has 0 aliphatic carbocycles. The van der Waals surface area contributed by atoms with E-state index >= 15 is 0 Å². The van der Waals surface area contributed by atoms with Crippen LogP contribution in [0.5, 0.6) is 0 Å². The van der Waals surface area contributed by atoms with Crippen molar-refractivity contribution in [3.63, 3.8) is 0 Å². The summed E-state index contributed by atoms with van der Waals surface area (Å²) in [5.41, 5.74) is 1.73. The first kappa shape index (κ1) is 9.47. The minimum Gasteiger partial charge on any atom is -0.361 e. The minimum absolute atomic E-state index is 0.119. The number of rotatable bonds is 2. The Morgan fingerprint density at radius 3 is 2.93 bits per heavy atom. The van der Waals surface area contributed by atoms with Crippen molar-refractivity contribution in [2.24, 2.45) is 0 Å². The maximum absolute atomic E-state index is 11.3. The Labute approximate surface area is 87.3 Å². The Kier molecular flexibility index (Phi) is 2.26. The van der Waals surface area contributed by atoms with Crippen molar-refractivity contribution in [3.05, 3.63) is 36.0 Å². The number of nitrogens with one attached hydrogen (secondary N) is 1. The Morgan fingerprint density at radius 1 is 1.47 bits per heavy atom. The van der Waals surface area contributed by atoms with Gasteiger partial charge < -0.3 is 4.98 Å². The summed E-state index contributed by atoms with van der Waals surface area (Å²) in [6.45, 7) is 1.44. The summed E-state index contributed by atoms with van der Waals surface area (Å²) in [6, 6.07) is 9.52. The molecule has 0 saturated heterocycles. The largest absolute Gasteiger partial charge is 0.361 e. The highest BCUT2D eigenvalue weighted by Gasteiger charge is 2.18. The summed E-state index contributed by atoms with van der Waals surface area (Å²) in [4.78, 5) is 14.4. The molecule has 0 spiro atoms. The summed E-state index contributed by atoms with van der Waals surface area (Å²) >= 11 is 0. The van der Waals surface area contributed by atoms with Crippen molar-refractivity contribution in [1.82, 2.24) is 4.98 Å². The quantitative estimate of drug-likeness (QED) is 0.805. The fraction of sp³-hybridized carbons (Fsp3) is 0.167. The van der Waals surface area contributed by atoms with Crippen LogP contribution in [0.2, 0.25) is 0 Å². The maximum atomic E-state index is 11.3. The van der Waals surface area contributed by atoms with E-state index in [1.165, 1.54) is 6.92 Å². The number of nitriles is 1. The molecule has 3 nitrogen and oxygen atoms in total. The molecule has 0 radical (unpaired) electrons. The number of fused-ring (bicyclic) bond motifs is 1. The molecule has 2 rings (SSSR count). The van der Waals surface area contributed by atoms with Crippen molar-refractivity contribution in [3.8, 4) is 6.07 Å². The molecule has 2 aromatic rings. The molecule has 3 heteroatoms. The van der Waals surface area contributed by atoms with E-state index in [1.54, 1.807) is 0 Å². The first-order chi connectivity index (χ1) is 7.24. The number of carbonyl (C=O) groups is 1. The van der Waals surface area contributed by atoms with Crippen LogP contribution in [-0.2, 0) is 4.79 Å². The number of carbonyl (C=O) groups excluding carboxylic acids is 1. The van der Waals surface area contributed by atoms with Gasteiger partial charge in [-0.3, -0.25) is 4.79 Å². The van der Waals surface area contributed by atoms with Gasteiger partial charge >= 0.3 is 0 Å². The second-order valence-corrected chi connectivity index (χ2v) is 3.46. The number of Topliss-reactive ketones (excluding diaryl/α,β-unsaturated/α-hetero) is 1. The van der Waals surface area contributed by atoms with Gasteiger partial charge in [0.1, 0.15) is 5.92 Å². The first-order valence-corrected chi connectivity index (χ1v) is 4.70. The molecule has 0 saturated carbocycles. The van der Waals surface area contributed by atoms with E-state index in [0.717, 1.165) is 16.5 Å². The number of ketones is 1. The average molecular weight is 198 g/mol. The van der Waals surface area contributed by atoms with E-state index in [-0.39, 0.29) is 5.78 Å². The van der Waals surface area contributed by atoms with E-state index < -0.39 is 5.92 Å². The molecule has 1 aromatic carbocycles. The molecule has 0 bridgehead atoms. The number of aromatic nitrogens is 1. The fourth-order valence-corrected chi connectivity index (χ4v) is 1.74. The molecular formula is C12H10N2O. The second-order valence-electron chi connectivity index (χ2n) is 3.46. The van der Waals surface area contributed by atoms with Gasteiger partial charge in [0.05, 0.1) is 6.07 Å². The lowest BCUT2D eigenvalue weighted by atomic mass is 9.94. The Bertz CT molecular complexity index is 548. The fourth-order valence-electron chi connectivity index (χ4n) is 1.74. The molecule has 15 heavy (non-hydrogen) atoms. The third-order valence-corrected chi connectivity index (χ3v) is 2.48. The Balaban J connectivity index is 2.65. The molecule has 1 unspecified atom stereocenters. The lowest BCUT2D eigenvalue weighted by Crippen LogP contribution is -2.06. The van der Waals surface area contributed by atoms with E-state index in [9.17, 15) is 4.79 Å². The standard InChI is InChI=1S/C12H10N2O/c1-8(15)11(7-13)9-3-2-4-12-10(9)5-6-14-12/h2-6,11,14H,1H3. The zero-order valence-electron chi connectivity index (χ0n) is 8.32. The Morgan fingerprint density at radius 2 is 2.27 bits per heavy atom. The lowest BCUT2D eigenvalue weighted by Gasteiger charge is -2.06. The summed E-state index contributed by atoms with van der Waals surface area (Å²) in [6.07, 6.45) is 1.81. The third-order valence-electron chi connectivity index (χ3n) is 2.48. The van der Waals surface area contributed by atoms with Crippen molar-refractivity contribution in [2.45, 2.75) is 12.8 Å².